The molecule has 2 N–H and O–H groups in total. The third kappa shape index (κ3) is 8.12. The van der Waals surface area contributed by atoms with Crippen molar-refractivity contribution in [3.05, 3.63) is 0 Å². The van der Waals surface area contributed by atoms with E-state index in [1.807, 2.05) is 13.8 Å². The van der Waals surface area contributed by atoms with Gasteiger partial charge in [0.1, 0.15) is 0 Å². The first kappa shape index (κ1) is 18.9. The molecule has 0 heterocycles. The summed E-state index contributed by atoms with van der Waals surface area (Å²) in [5.74, 6) is -2.41. The fraction of sp³-hybridized carbons (Fsp3) is 0.857. The van der Waals surface area contributed by atoms with Crippen LogP contribution in [0.3, 0.4) is 0 Å². The van der Waals surface area contributed by atoms with E-state index in [0.29, 0.717) is 19.4 Å². The second kappa shape index (κ2) is 11.7. The predicted octanol–water partition coefficient (Wildman–Crippen LogP) is 1.38. The Morgan fingerprint density at radius 3 is 2.30 bits per heavy atom. The quantitative estimate of drug-likeness (QED) is 0.258. The Bertz CT molecular complexity index is 279. The van der Waals surface area contributed by atoms with E-state index in [1.54, 1.807) is 0 Å². The third-order valence-corrected chi connectivity index (χ3v) is 2.77. The maximum Gasteiger partial charge on any atom is 0.322 e. The van der Waals surface area contributed by atoms with Gasteiger partial charge in [-0.15, -0.1) is 0 Å². The number of aliphatic hydroxyl groups excluding tert-OH is 2. The summed E-state index contributed by atoms with van der Waals surface area (Å²) in [6, 6.07) is 0. The summed E-state index contributed by atoms with van der Waals surface area (Å²) < 4.78 is 9.76. The molecule has 0 amide bonds. The Kier molecular flexibility index (Phi) is 11.0. The van der Waals surface area contributed by atoms with Gasteiger partial charge in [-0.2, -0.15) is 0 Å². The Labute approximate surface area is 120 Å². The molecule has 2 atom stereocenters. The minimum absolute atomic E-state index is 0.0733. The molecule has 2 unspecified atom stereocenters. The van der Waals surface area contributed by atoms with Crippen molar-refractivity contribution in [2.24, 2.45) is 5.92 Å². The first-order valence-electron chi connectivity index (χ1n) is 7.22. The highest BCUT2D eigenvalue weighted by Crippen LogP contribution is 2.13. The van der Waals surface area contributed by atoms with Gasteiger partial charge >= 0.3 is 11.9 Å². The Morgan fingerprint density at radius 1 is 1.05 bits per heavy atom. The van der Waals surface area contributed by atoms with Crippen LogP contribution in [0.4, 0.5) is 0 Å². The van der Waals surface area contributed by atoms with E-state index in [1.165, 1.54) is 0 Å². The number of carbonyl (C=O) groups is 2. The van der Waals surface area contributed by atoms with Gasteiger partial charge in [-0.1, -0.05) is 33.1 Å². The van der Waals surface area contributed by atoms with Gasteiger partial charge in [0.25, 0.3) is 0 Å². The molecule has 0 aliphatic rings. The number of esters is 2. The molecular weight excluding hydrogens is 264 g/mol. The molecule has 0 saturated carbocycles. The second-order valence-electron chi connectivity index (χ2n) is 4.62. The highest BCUT2D eigenvalue weighted by atomic mass is 16.6. The van der Waals surface area contributed by atoms with Crippen molar-refractivity contribution in [1.82, 2.24) is 0 Å². The Balaban J connectivity index is 4.30. The van der Waals surface area contributed by atoms with Crippen LogP contribution in [0.1, 0.15) is 52.4 Å². The van der Waals surface area contributed by atoms with Crippen LogP contribution in [0.15, 0.2) is 0 Å². The molecule has 0 aromatic heterocycles. The molecule has 0 fully saturated rings. The van der Waals surface area contributed by atoms with Crippen molar-refractivity contribution < 1.29 is 29.3 Å². The van der Waals surface area contributed by atoms with Crippen LogP contribution in [0, 0.1) is 5.92 Å². The lowest BCUT2D eigenvalue weighted by Crippen LogP contribution is -2.31. The van der Waals surface area contributed by atoms with Gasteiger partial charge in [-0.05, 0) is 12.8 Å². The highest BCUT2D eigenvalue weighted by Gasteiger charge is 2.30. The molecule has 0 saturated heterocycles. The van der Waals surface area contributed by atoms with Crippen LogP contribution in [0.25, 0.3) is 0 Å². The van der Waals surface area contributed by atoms with Crippen molar-refractivity contribution in [3.8, 4) is 0 Å². The average Bonchev–Trinajstić information content (AvgIpc) is 2.40. The molecule has 0 aliphatic carbocycles. The highest BCUT2D eigenvalue weighted by molar-refractivity contribution is 5.94. The molecule has 118 valence electrons. The number of aliphatic hydroxyl groups is 2. The summed E-state index contributed by atoms with van der Waals surface area (Å²) in [4.78, 5) is 23.6. The lowest BCUT2D eigenvalue weighted by atomic mass is 10.0. The van der Waals surface area contributed by atoms with E-state index in [-0.39, 0.29) is 13.0 Å². The Hall–Kier alpha value is -1.14. The number of hydrogen-bond acceptors (Lipinski definition) is 6. The van der Waals surface area contributed by atoms with Crippen LogP contribution in [-0.4, -0.2) is 41.7 Å². The standard InChI is InChI=1S/C14H26O6/c1-3-5-6-10-19-13(17)11(7-4-2)14(18)20-12(16)8-9-15/h11-12,15-16H,3-10H2,1-2H3. The zero-order valence-electron chi connectivity index (χ0n) is 12.3. The summed E-state index contributed by atoms with van der Waals surface area (Å²) in [5.41, 5.74) is 0. The lowest BCUT2D eigenvalue weighted by Gasteiger charge is -2.17. The summed E-state index contributed by atoms with van der Waals surface area (Å²) in [5, 5.41) is 17.9. The van der Waals surface area contributed by atoms with Gasteiger partial charge in [0.2, 0.25) is 6.29 Å². The van der Waals surface area contributed by atoms with Gasteiger partial charge in [0.15, 0.2) is 5.92 Å². The van der Waals surface area contributed by atoms with E-state index in [9.17, 15) is 14.7 Å². The van der Waals surface area contributed by atoms with E-state index in [4.69, 9.17) is 14.6 Å². The normalized spacial score (nSPS) is 13.6. The van der Waals surface area contributed by atoms with Crippen molar-refractivity contribution in [3.63, 3.8) is 0 Å². The number of ether oxygens (including phenoxy) is 2. The molecule has 0 rings (SSSR count). The average molecular weight is 290 g/mol. The van der Waals surface area contributed by atoms with Gasteiger partial charge < -0.3 is 19.7 Å². The van der Waals surface area contributed by atoms with E-state index in [0.717, 1.165) is 19.3 Å². The van der Waals surface area contributed by atoms with Gasteiger partial charge in [-0.25, -0.2) is 0 Å². The molecule has 20 heavy (non-hydrogen) atoms. The zero-order valence-corrected chi connectivity index (χ0v) is 12.3. The Morgan fingerprint density at radius 2 is 1.75 bits per heavy atom. The van der Waals surface area contributed by atoms with Crippen LogP contribution in [-0.2, 0) is 19.1 Å². The summed E-state index contributed by atoms with van der Waals surface area (Å²) in [6.07, 6.45) is 2.23. The minimum Gasteiger partial charge on any atom is -0.465 e. The number of hydrogen-bond donors (Lipinski definition) is 2. The topological polar surface area (TPSA) is 93.1 Å². The van der Waals surface area contributed by atoms with Crippen LogP contribution >= 0.6 is 0 Å². The zero-order chi connectivity index (χ0) is 15.4. The maximum absolute atomic E-state index is 11.8. The molecule has 6 nitrogen and oxygen atoms in total. The molecule has 6 heteroatoms. The monoisotopic (exact) mass is 290 g/mol. The first-order valence-corrected chi connectivity index (χ1v) is 7.22. The maximum atomic E-state index is 11.8. The molecule has 0 aromatic rings. The molecule has 0 radical (unpaired) electrons. The molecular formula is C14H26O6. The number of unbranched alkanes of at least 4 members (excludes halogenated alkanes) is 2. The number of carbonyl (C=O) groups excluding carboxylic acids is 2. The second-order valence-corrected chi connectivity index (χ2v) is 4.62. The molecule has 0 spiro atoms. The fourth-order valence-electron chi connectivity index (χ4n) is 1.63. The van der Waals surface area contributed by atoms with Crippen LogP contribution in [0.5, 0.6) is 0 Å². The third-order valence-electron chi connectivity index (χ3n) is 2.77. The minimum atomic E-state index is -1.39. The van der Waals surface area contributed by atoms with E-state index < -0.39 is 24.1 Å². The summed E-state index contributed by atoms with van der Waals surface area (Å²) in [6.45, 7) is 3.88. The van der Waals surface area contributed by atoms with Crippen LogP contribution < -0.4 is 0 Å². The largest absolute Gasteiger partial charge is 0.465 e. The van der Waals surface area contributed by atoms with Crippen molar-refractivity contribution in [1.29, 1.82) is 0 Å². The van der Waals surface area contributed by atoms with E-state index in [2.05, 4.69) is 0 Å². The smallest absolute Gasteiger partial charge is 0.322 e. The van der Waals surface area contributed by atoms with Gasteiger partial charge in [0, 0.05) is 13.0 Å². The van der Waals surface area contributed by atoms with Crippen molar-refractivity contribution >= 4 is 11.9 Å². The van der Waals surface area contributed by atoms with Crippen molar-refractivity contribution in [2.45, 2.75) is 58.7 Å². The lowest BCUT2D eigenvalue weighted by molar-refractivity contribution is -0.180. The predicted molar refractivity (Wildman–Crippen MR) is 72.7 cm³/mol. The molecule has 0 aromatic carbocycles. The SMILES string of the molecule is CCCCCOC(=O)C(CCC)C(=O)OC(O)CCO. The molecule has 0 aliphatic heterocycles. The van der Waals surface area contributed by atoms with E-state index >= 15 is 0 Å². The van der Waals surface area contributed by atoms with Gasteiger partial charge in [-0.3, -0.25) is 9.59 Å². The summed E-state index contributed by atoms with van der Waals surface area (Å²) >= 11 is 0. The molecule has 0 bridgehead atoms. The summed E-state index contributed by atoms with van der Waals surface area (Å²) in [7, 11) is 0. The number of rotatable bonds is 11. The van der Waals surface area contributed by atoms with Crippen molar-refractivity contribution in [2.75, 3.05) is 13.2 Å². The van der Waals surface area contributed by atoms with Gasteiger partial charge in [0.05, 0.1) is 6.61 Å². The first-order chi connectivity index (χ1) is 9.56. The fourth-order valence-corrected chi connectivity index (χ4v) is 1.63. The van der Waals surface area contributed by atoms with Crippen LogP contribution in [0.2, 0.25) is 0 Å².